The first-order valence-electron chi connectivity index (χ1n) is 11.7. The second-order valence-corrected chi connectivity index (χ2v) is 8.33. The molecule has 1 saturated heterocycles. The summed E-state index contributed by atoms with van der Waals surface area (Å²) in [5.74, 6) is 0. The van der Waals surface area contributed by atoms with Crippen molar-refractivity contribution in [1.82, 2.24) is 10.6 Å². The smallest absolute Gasteiger partial charge is 0.173 e. The molecule has 1 heterocycles. The number of aliphatic hydroxyl groups is 9. The van der Waals surface area contributed by atoms with Gasteiger partial charge in [-0.05, 0) is 20.0 Å². The van der Waals surface area contributed by atoms with E-state index in [4.69, 9.17) is 30.3 Å². The molecule has 0 aromatic rings. The minimum atomic E-state index is -1.55. The van der Waals surface area contributed by atoms with Crippen molar-refractivity contribution in [3.05, 3.63) is 0 Å². The highest BCUT2D eigenvalue weighted by Crippen LogP contribution is 2.19. The third-order valence-corrected chi connectivity index (χ3v) is 5.55. The van der Waals surface area contributed by atoms with Gasteiger partial charge in [-0.15, -0.1) is 0 Å². The summed E-state index contributed by atoms with van der Waals surface area (Å²) >= 11 is 0. The molecule has 200 valence electrons. The van der Waals surface area contributed by atoms with E-state index in [1.165, 1.54) is 25.7 Å². The van der Waals surface area contributed by atoms with Crippen LogP contribution in [0.4, 0.5) is 0 Å². The Morgan fingerprint density at radius 3 is 1.94 bits per heavy atom. The number of hydrogen-bond acceptors (Lipinski definition) is 12. The number of nitrogens with one attached hydrogen (secondary N) is 2. The van der Waals surface area contributed by atoms with Gasteiger partial charge in [-0.25, -0.2) is 0 Å². The quantitative estimate of drug-likeness (QED) is 0.101. The SMILES string of the molecule is CCCCCCCCN[C@@H]1[C@@H](O)[C@H](O)[C@@H](CO)O[C@H]1O.CNCC(O)C(O)C(O)C(O)CO. The Bertz CT molecular complexity index is 465. The molecular weight excluding hydrogens is 440 g/mol. The van der Waals surface area contributed by atoms with E-state index in [9.17, 15) is 20.4 Å². The number of likely N-dealkylation sites (N-methyl/N-ethyl adjacent to an activating group) is 1. The minimum absolute atomic E-state index is 0.0936. The van der Waals surface area contributed by atoms with Crippen LogP contribution in [0.2, 0.25) is 0 Å². The number of unbranched alkanes of at least 4 members (excludes halogenated alkanes) is 5. The molecule has 0 aliphatic carbocycles. The van der Waals surface area contributed by atoms with Crippen LogP contribution in [0, 0.1) is 0 Å². The van der Waals surface area contributed by atoms with Crippen molar-refractivity contribution in [2.45, 2.75) is 101 Å². The van der Waals surface area contributed by atoms with E-state index < -0.39 is 68.3 Å². The molecule has 0 radical (unpaired) electrons. The van der Waals surface area contributed by atoms with Crippen molar-refractivity contribution in [2.24, 2.45) is 0 Å². The van der Waals surface area contributed by atoms with Crippen LogP contribution in [0.15, 0.2) is 0 Å². The highest BCUT2D eigenvalue weighted by molar-refractivity contribution is 4.92. The van der Waals surface area contributed by atoms with Gasteiger partial charge in [-0.1, -0.05) is 39.0 Å². The molecule has 0 bridgehead atoms. The van der Waals surface area contributed by atoms with E-state index in [0.29, 0.717) is 6.54 Å². The zero-order chi connectivity index (χ0) is 25.4. The standard InChI is InChI=1S/C14H29NO5.C7H17NO5/c1-2-3-4-5-6-7-8-15-11-13(18)12(17)10(9-16)20-14(11)19;1-8-2-4(10)6(12)7(13)5(11)3-9/h10-19H,2-9H2,1H3;4-13H,2-3H2,1H3/t10-,11-,12-,13-,14-;/m1./s1. The van der Waals surface area contributed by atoms with Gasteiger partial charge in [-0.2, -0.15) is 0 Å². The zero-order valence-electron chi connectivity index (χ0n) is 19.7. The zero-order valence-corrected chi connectivity index (χ0v) is 19.7. The Labute approximate surface area is 195 Å². The van der Waals surface area contributed by atoms with Gasteiger partial charge in [0.1, 0.15) is 36.6 Å². The summed E-state index contributed by atoms with van der Waals surface area (Å²) in [5, 5.41) is 88.9. The van der Waals surface area contributed by atoms with Crippen molar-refractivity contribution in [3.63, 3.8) is 0 Å². The molecule has 0 aromatic heterocycles. The Morgan fingerprint density at radius 2 is 1.39 bits per heavy atom. The molecule has 0 aromatic carbocycles. The molecule has 9 atom stereocenters. The third-order valence-electron chi connectivity index (χ3n) is 5.55. The van der Waals surface area contributed by atoms with Crippen LogP contribution in [0.1, 0.15) is 45.4 Å². The maximum absolute atomic E-state index is 9.92. The summed E-state index contributed by atoms with van der Waals surface area (Å²) in [4.78, 5) is 0. The van der Waals surface area contributed by atoms with E-state index >= 15 is 0 Å². The fourth-order valence-electron chi connectivity index (χ4n) is 3.39. The predicted octanol–water partition coefficient (Wildman–Crippen LogP) is -3.62. The molecule has 0 amide bonds. The van der Waals surface area contributed by atoms with Crippen LogP contribution in [0.5, 0.6) is 0 Å². The van der Waals surface area contributed by atoms with E-state index in [2.05, 4.69) is 17.6 Å². The van der Waals surface area contributed by atoms with Crippen LogP contribution in [-0.4, -0.2) is 134 Å². The second kappa shape index (κ2) is 18.8. The van der Waals surface area contributed by atoms with Crippen molar-refractivity contribution in [2.75, 3.05) is 33.4 Å². The first-order chi connectivity index (χ1) is 15.7. The molecule has 12 heteroatoms. The lowest BCUT2D eigenvalue weighted by molar-refractivity contribution is -0.254. The number of ether oxygens (including phenoxy) is 1. The maximum Gasteiger partial charge on any atom is 0.173 e. The number of aliphatic hydroxyl groups excluding tert-OH is 9. The number of hydrogen-bond donors (Lipinski definition) is 11. The van der Waals surface area contributed by atoms with Gasteiger partial charge >= 0.3 is 0 Å². The summed E-state index contributed by atoms with van der Waals surface area (Å²) in [7, 11) is 1.57. The third kappa shape index (κ3) is 12.2. The predicted molar refractivity (Wildman–Crippen MR) is 120 cm³/mol. The molecule has 1 fully saturated rings. The van der Waals surface area contributed by atoms with Gasteiger partial charge in [0.05, 0.1) is 25.4 Å². The first kappa shape index (κ1) is 32.5. The fraction of sp³-hybridized carbons (Fsp3) is 1.00. The molecule has 4 unspecified atom stereocenters. The van der Waals surface area contributed by atoms with Crippen LogP contribution in [0.25, 0.3) is 0 Å². The maximum atomic E-state index is 9.92. The average molecular weight is 487 g/mol. The average Bonchev–Trinajstić information content (AvgIpc) is 2.81. The normalized spacial score (nSPS) is 29.0. The van der Waals surface area contributed by atoms with Gasteiger partial charge in [-0.3, -0.25) is 0 Å². The summed E-state index contributed by atoms with van der Waals surface area (Å²) < 4.78 is 5.07. The largest absolute Gasteiger partial charge is 0.394 e. The fourth-order valence-corrected chi connectivity index (χ4v) is 3.39. The lowest BCUT2D eigenvalue weighted by Gasteiger charge is -2.40. The molecule has 1 aliphatic rings. The van der Waals surface area contributed by atoms with Gasteiger partial charge in [0.25, 0.3) is 0 Å². The Hall–Kier alpha value is -0.480. The van der Waals surface area contributed by atoms with Crippen LogP contribution in [0.3, 0.4) is 0 Å². The van der Waals surface area contributed by atoms with Crippen molar-refractivity contribution >= 4 is 0 Å². The Morgan fingerprint density at radius 1 is 0.818 bits per heavy atom. The first-order valence-corrected chi connectivity index (χ1v) is 11.7. The molecule has 1 rings (SSSR count). The lowest BCUT2D eigenvalue weighted by atomic mass is 9.97. The van der Waals surface area contributed by atoms with Crippen molar-refractivity contribution in [3.8, 4) is 0 Å². The monoisotopic (exact) mass is 486 g/mol. The van der Waals surface area contributed by atoms with Crippen LogP contribution < -0.4 is 10.6 Å². The van der Waals surface area contributed by atoms with E-state index in [1.54, 1.807) is 7.05 Å². The van der Waals surface area contributed by atoms with Crippen LogP contribution in [-0.2, 0) is 4.74 Å². The Kier molecular flexibility index (Phi) is 18.5. The minimum Gasteiger partial charge on any atom is -0.394 e. The molecule has 12 nitrogen and oxygen atoms in total. The molecule has 33 heavy (non-hydrogen) atoms. The van der Waals surface area contributed by atoms with E-state index in [0.717, 1.165) is 12.8 Å². The van der Waals surface area contributed by atoms with Gasteiger partial charge < -0.3 is 61.3 Å². The summed E-state index contributed by atoms with van der Waals surface area (Å²) in [5.41, 5.74) is 0. The molecule has 0 spiro atoms. The van der Waals surface area contributed by atoms with E-state index in [-0.39, 0.29) is 6.54 Å². The van der Waals surface area contributed by atoms with Crippen LogP contribution >= 0.6 is 0 Å². The van der Waals surface area contributed by atoms with Gasteiger partial charge in [0.2, 0.25) is 0 Å². The van der Waals surface area contributed by atoms with E-state index in [1.807, 2.05) is 0 Å². The molecule has 11 N–H and O–H groups in total. The van der Waals surface area contributed by atoms with Crippen molar-refractivity contribution < 1.29 is 50.7 Å². The van der Waals surface area contributed by atoms with Crippen molar-refractivity contribution in [1.29, 1.82) is 0 Å². The number of rotatable bonds is 15. The lowest BCUT2D eigenvalue weighted by Crippen LogP contribution is -2.63. The topological polar surface area (TPSA) is 215 Å². The summed E-state index contributed by atoms with van der Waals surface area (Å²) in [6.07, 6.45) is -3.16. The molecule has 0 saturated carbocycles. The second-order valence-electron chi connectivity index (χ2n) is 8.33. The highest BCUT2D eigenvalue weighted by atomic mass is 16.6. The summed E-state index contributed by atoms with van der Waals surface area (Å²) in [6, 6.07) is -0.719. The Balaban J connectivity index is 0.000000684. The van der Waals surface area contributed by atoms with Gasteiger partial charge in [0, 0.05) is 6.54 Å². The highest BCUT2D eigenvalue weighted by Gasteiger charge is 2.43. The summed E-state index contributed by atoms with van der Waals surface area (Å²) in [6.45, 7) is 1.84. The molecular formula is C21H46N2O10. The molecule has 1 aliphatic heterocycles. The van der Waals surface area contributed by atoms with Gasteiger partial charge in [0.15, 0.2) is 6.29 Å².